The molecule has 0 aliphatic carbocycles. The highest BCUT2D eigenvalue weighted by atomic mass is 16.5. The van der Waals surface area contributed by atoms with Gasteiger partial charge >= 0.3 is 0 Å². The van der Waals surface area contributed by atoms with Crippen LogP contribution in [0.2, 0.25) is 0 Å². The molecule has 0 saturated heterocycles. The van der Waals surface area contributed by atoms with Gasteiger partial charge in [0.25, 0.3) is 0 Å². The van der Waals surface area contributed by atoms with Crippen molar-refractivity contribution in [3.8, 4) is 5.75 Å². The first-order chi connectivity index (χ1) is 7.33. The minimum atomic E-state index is 0.758. The summed E-state index contributed by atoms with van der Waals surface area (Å²) in [4.78, 5) is 0. The van der Waals surface area contributed by atoms with Crippen LogP contribution in [0.3, 0.4) is 0 Å². The molecule has 0 aliphatic rings. The summed E-state index contributed by atoms with van der Waals surface area (Å²) in [5, 5.41) is 0. The van der Waals surface area contributed by atoms with Gasteiger partial charge in [-0.15, -0.1) is 0 Å². The van der Waals surface area contributed by atoms with Crippen LogP contribution in [0.15, 0.2) is 24.3 Å². The second-order valence-electron chi connectivity index (χ2n) is 3.47. The minimum Gasteiger partial charge on any atom is -0.494 e. The summed E-state index contributed by atoms with van der Waals surface area (Å²) in [6.07, 6.45) is 3.30. The number of hydrogen-bond acceptors (Lipinski definition) is 3. The van der Waals surface area contributed by atoms with Gasteiger partial charge in [0.2, 0.25) is 0 Å². The SMILES string of the molecule is COCCCCCOc1ccc(N)cc1. The second-order valence-corrected chi connectivity index (χ2v) is 3.47. The van der Waals surface area contributed by atoms with Crippen molar-refractivity contribution in [1.29, 1.82) is 0 Å². The van der Waals surface area contributed by atoms with Crippen molar-refractivity contribution in [2.45, 2.75) is 19.3 Å². The Kier molecular flexibility index (Phi) is 5.63. The van der Waals surface area contributed by atoms with E-state index in [2.05, 4.69) is 0 Å². The number of unbranched alkanes of at least 4 members (excludes halogenated alkanes) is 2. The van der Waals surface area contributed by atoms with Crippen LogP contribution in [0.25, 0.3) is 0 Å². The topological polar surface area (TPSA) is 44.5 Å². The maximum atomic E-state index is 5.57. The van der Waals surface area contributed by atoms with E-state index in [1.807, 2.05) is 24.3 Å². The van der Waals surface area contributed by atoms with E-state index in [9.17, 15) is 0 Å². The molecule has 3 nitrogen and oxygen atoms in total. The fraction of sp³-hybridized carbons (Fsp3) is 0.500. The second kappa shape index (κ2) is 7.12. The van der Waals surface area contributed by atoms with E-state index < -0.39 is 0 Å². The van der Waals surface area contributed by atoms with Gasteiger partial charge in [-0.3, -0.25) is 0 Å². The third kappa shape index (κ3) is 5.27. The zero-order valence-electron chi connectivity index (χ0n) is 9.24. The van der Waals surface area contributed by atoms with Crippen molar-refractivity contribution < 1.29 is 9.47 Å². The Morgan fingerprint density at radius 2 is 1.67 bits per heavy atom. The molecule has 0 aromatic heterocycles. The maximum absolute atomic E-state index is 5.57. The fourth-order valence-corrected chi connectivity index (χ4v) is 1.28. The lowest BCUT2D eigenvalue weighted by Gasteiger charge is -2.05. The van der Waals surface area contributed by atoms with Crippen LogP contribution < -0.4 is 10.5 Å². The van der Waals surface area contributed by atoms with E-state index in [0.29, 0.717) is 0 Å². The molecule has 0 radical (unpaired) electrons. The van der Waals surface area contributed by atoms with E-state index in [4.69, 9.17) is 15.2 Å². The molecule has 0 heterocycles. The summed E-state index contributed by atoms with van der Waals surface area (Å²) >= 11 is 0. The van der Waals surface area contributed by atoms with Crippen LogP contribution in [0.5, 0.6) is 5.75 Å². The largest absolute Gasteiger partial charge is 0.494 e. The molecule has 0 saturated carbocycles. The van der Waals surface area contributed by atoms with Gasteiger partial charge in [-0.05, 0) is 43.5 Å². The lowest BCUT2D eigenvalue weighted by molar-refractivity contribution is 0.189. The molecule has 15 heavy (non-hydrogen) atoms. The lowest BCUT2D eigenvalue weighted by atomic mass is 10.2. The molecule has 1 aromatic carbocycles. The first kappa shape index (κ1) is 11.9. The van der Waals surface area contributed by atoms with E-state index in [1.54, 1.807) is 7.11 Å². The highest BCUT2D eigenvalue weighted by Gasteiger charge is 1.93. The molecule has 1 rings (SSSR count). The summed E-state index contributed by atoms with van der Waals surface area (Å²) in [5.41, 5.74) is 6.33. The van der Waals surface area contributed by atoms with E-state index in [-0.39, 0.29) is 0 Å². The first-order valence-corrected chi connectivity index (χ1v) is 5.30. The van der Waals surface area contributed by atoms with Crippen LogP contribution in [-0.2, 0) is 4.74 Å². The van der Waals surface area contributed by atoms with Gasteiger partial charge in [0.05, 0.1) is 6.61 Å². The summed E-state index contributed by atoms with van der Waals surface area (Å²) in [6, 6.07) is 7.48. The monoisotopic (exact) mass is 209 g/mol. The smallest absolute Gasteiger partial charge is 0.119 e. The zero-order chi connectivity index (χ0) is 10.9. The number of anilines is 1. The molecule has 0 aliphatic heterocycles. The van der Waals surface area contributed by atoms with Gasteiger partial charge in [-0.25, -0.2) is 0 Å². The Labute approximate surface area is 91.2 Å². The number of methoxy groups -OCH3 is 1. The summed E-state index contributed by atoms with van der Waals surface area (Å²) in [5.74, 6) is 0.885. The molecule has 0 amide bonds. The molecular formula is C12H19NO2. The summed E-state index contributed by atoms with van der Waals surface area (Å²) < 4.78 is 10.5. The van der Waals surface area contributed by atoms with Crippen LogP contribution in [0.1, 0.15) is 19.3 Å². The van der Waals surface area contributed by atoms with Gasteiger partial charge in [0.1, 0.15) is 5.75 Å². The van der Waals surface area contributed by atoms with Gasteiger partial charge in [-0.2, -0.15) is 0 Å². The lowest BCUT2D eigenvalue weighted by Crippen LogP contribution is -1.98. The molecule has 0 bridgehead atoms. The number of benzene rings is 1. The predicted molar refractivity (Wildman–Crippen MR) is 62.1 cm³/mol. The Balaban J connectivity index is 2.07. The van der Waals surface area contributed by atoms with Crippen molar-refractivity contribution in [2.75, 3.05) is 26.1 Å². The molecule has 0 fully saturated rings. The van der Waals surface area contributed by atoms with Crippen LogP contribution in [0.4, 0.5) is 5.69 Å². The van der Waals surface area contributed by atoms with Gasteiger partial charge in [0, 0.05) is 19.4 Å². The fourth-order valence-electron chi connectivity index (χ4n) is 1.28. The third-order valence-electron chi connectivity index (χ3n) is 2.14. The van der Waals surface area contributed by atoms with Crippen LogP contribution in [-0.4, -0.2) is 20.3 Å². The Morgan fingerprint density at radius 3 is 2.33 bits per heavy atom. The molecule has 84 valence electrons. The van der Waals surface area contributed by atoms with E-state index in [1.165, 1.54) is 0 Å². The zero-order valence-corrected chi connectivity index (χ0v) is 9.24. The molecule has 1 aromatic rings. The summed E-state index contributed by atoms with van der Waals surface area (Å²) in [6.45, 7) is 1.59. The van der Waals surface area contributed by atoms with E-state index in [0.717, 1.165) is 43.9 Å². The van der Waals surface area contributed by atoms with Crippen LogP contribution >= 0.6 is 0 Å². The van der Waals surface area contributed by atoms with Crippen LogP contribution in [0, 0.1) is 0 Å². The van der Waals surface area contributed by atoms with Crippen molar-refractivity contribution in [3.63, 3.8) is 0 Å². The first-order valence-electron chi connectivity index (χ1n) is 5.30. The standard InChI is InChI=1S/C12H19NO2/c1-14-9-3-2-4-10-15-12-7-5-11(13)6-8-12/h5-8H,2-4,9-10,13H2,1H3. The van der Waals surface area contributed by atoms with Gasteiger partial charge in [0.15, 0.2) is 0 Å². The van der Waals surface area contributed by atoms with Crippen molar-refractivity contribution in [3.05, 3.63) is 24.3 Å². The number of nitrogens with two attached hydrogens (primary N) is 1. The molecule has 0 spiro atoms. The molecule has 0 unspecified atom stereocenters. The average Bonchev–Trinajstić information content (AvgIpc) is 2.26. The minimum absolute atomic E-state index is 0.758. The van der Waals surface area contributed by atoms with Crippen molar-refractivity contribution >= 4 is 5.69 Å². The Morgan fingerprint density at radius 1 is 1.00 bits per heavy atom. The summed E-state index contributed by atoms with van der Waals surface area (Å²) in [7, 11) is 1.73. The Bertz CT molecular complexity index is 259. The normalized spacial score (nSPS) is 10.2. The van der Waals surface area contributed by atoms with Gasteiger partial charge in [-0.1, -0.05) is 0 Å². The molecule has 3 heteroatoms. The number of rotatable bonds is 7. The molecular weight excluding hydrogens is 190 g/mol. The van der Waals surface area contributed by atoms with Gasteiger partial charge < -0.3 is 15.2 Å². The van der Waals surface area contributed by atoms with Crippen molar-refractivity contribution in [1.82, 2.24) is 0 Å². The third-order valence-corrected chi connectivity index (χ3v) is 2.14. The number of hydrogen-bond donors (Lipinski definition) is 1. The average molecular weight is 209 g/mol. The highest BCUT2D eigenvalue weighted by Crippen LogP contribution is 2.13. The van der Waals surface area contributed by atoms with Crippen molar-refractivity contribution in [2.24, 2.45) is 0 Å². The molecule has 2 N–H and O–H groups in total. The quantitative estimate of drug-likeness (QED) is 0.554. The number of ether oxygens (including phenoxy) is 2. The number of nitrogen functional groups attached to an aromatic ring is 1. The highest BCUT2D eigenvalue weighted by molar-refractivity contribution is 5.41. The van der Waals surface area contributed by atoms with E-state index >= 15 is 0 Å². The Hall–Kier alpha value is -1.22. The maximum Gasteiger partial charge on any atom is 0.119 e. The molecule has 0 atom stereocenters. The predicted octanol–water partition coefficient (Wildman–Crippen LogP) is 2.46.